The van der Waals surface area contributed by atoms with Gasteiger partial charge in [-0.05, 0) is 18.4 Å². The third kappa shape index (κ3) is 2.92. The van der Waals surface area contributed by atoms with Gasteiger partial charge in [0.1, 0.15) is 0 Å². The summed E-state index contributed by atoms with van der Waals surface area (Å²) in [6.45, 7) is 2.06. The molecule has 1 saturated carbocycles. The van der Waals surface area contributed by atoms with Gasteiger partial charge in [-0.2, -0.15) is 5.10 Å². The van der Waals surface area contributed by atoms with Gasteiger partial charge in [-0.1, -0.05) is 37.3 Å². The summed E-state index contributed by atoms with van der Waals surface area (Å²) in [6, 6.07) is 10.1. The van der Waals surface area contributed by atoms with Crippen molar-refractivity contribution in [2.75, 3.05) is 0 Å². The molecule has 0 bridgehead atoms. The molecule has 1 aliphatic carbocycles. The van der Waals surface area contributed by atoms with Gasteiger partial charge >= 0.3 is 0 Å². The highest BCUT2D eigenvalue weighted by Crippen LogP contribution is 2.28. The van der Waals surface area contributed by atoms with Gasteiger partial charge in [-0.15, -0.1) is 0 Å². The molecule has 0 radical (unpaired) electrons. The Labute approximate surface area is 95.6 Å². The molecule has 1 fully saturated rings. The highest BCUT2D eigenvalue weighted by molar-refractivity contribution is 5.81. The molecule has 1 aromatic carbocycles. The van der Waals surface area contributed by atoms with Crippen molar-refractivity contribution < 1.29 is 4.79 Å². The fraction of sp³-hybridized carbons (Fsp3) is 0.385. The highest BCUT2D eigenvalue weighted by atomic mass is 16.2. The Morgan fingerprint density at radius 3 is 2.75 bits per heavy atom. The normalized spacial score (nSPS) is 17.3. The molecule has 1 amide bonds. The van der Waals surface area contributed by atoms with Gasteiger partial charge in [-0.25, -0.2) is 5.43 Å². The Kier molecular flexibility index (Phi) is 3.34. The molecule has 0 aliphatic heterocycles. The first-order valence-electron chi connectivity index (χ1n) is 5.65. The number of nitrogens with zero attached hydrogens (tertiary/aromatic N) is 1. The minimum atomic E-state index is 0.0523. The van der Waals surface area contributed by atoms with Crippen molar-refractivity contribution in [3.8, 4) is 0 Å². The van der Waals surface area contributed by atoms with Gasteiger partial charge < -0.3 is 0 Å². The van der Waals surface area contributed by atoms with E-state index in [4.69, 9.17) is 0 Å². The Morgan fingerprint density at radius 1 is 1.44 bits per heavy atom. The third-order valence-electron chi connectivity index (χ3n) is 2.75. The van der Waals surface area contributed by atoms with Crippen molar-refractivity contribution >= 4 is 12.1 Å². The van der Waals surface area contributed by atoms with E-state index in [-0.39, 0.29) is 17.7 Å². The molecule has 2 rings (SSSR count). The molecular weight excluding hydrogens is 200 g/mol. The SMILES string of the molecule is C[C@@H](/C=N\NC(=O)C1CC1)c1ccccc1. The molecule has 1 aliphatic rings. The van der Waals surface area contributed by atoms with Crippen LogP contribution in [0.25, 0.3) is 0 Å². The third-order valence-corrected chi connectivity index (χ3v) is 2.75. The van der Waals surface area contributed by atoms with E-state index in [0.29, 0.717) is 0 Å². The molecule has 1 aromatic rings. The maximum Gasteiger partial charge on any atom is 0.243 e. The summed E-state index contributed by atoms with van der Waals surface area (Å²) in [6.07, 6.45) is 3.79. The Bertz CT molecular complexity index is 382. The van der Waals surface area contributed by atoms with Crippen LogP contribution in [-0.4, -0.2) is 12.1 Å². The molecule has 16 heavy (non-hydrogen) atoms. The maximum atomic E-state index is 11.3. The first kappa shape index (κ1) is 10.9. The van der Waals surface area contributed by atoms with Crippen molar-refractivity contribution in [2.24, 2.45) is 11.0 Å². The lowest BCUT2D eigenvalue weighted by Gasteiger charge is -2.05. The lowest BCUT2D eigenvalue weighted by Crippen LogP contribution is -2.19. The molecule has 0 saturated heterocycles. The number of hydrogen-bond acceptors (Lipinski definition) is 2. The van der Waals surface area contributed by atoms with Gasteiger partial charge in [0, 0.05) is 18.1 Å². The maximum absolute atomic E-state index is 11.3. The van der Waals surface area contributed by atoms with E-state index in [1.165, 1.54) is 5.56 Å². The average Bonchev–Trinajstić information content (AvgIpc) is 3.14. The van der Waals surface area contributed by atoms with Gasteiger partial charge in [0.15, 0.2) is 0 Å². The van der Waals surface area contributed by atoms with Crippen LogP contribution < -0.4 is 5.43 Å². The first-order chi connectivity index (χ1) is 7.77. The number of carbonyl (C=O) groups excluding carboxylic acids is 1. The monoisotopic (exact) mass is 216 g/mol. The number of hydrogen-bond donors (Lipinski definition) is 1. The molecule has 0 aromatic heterocycles. The van der Waals surface area contributed by atoms with Crippen molar-refractivity contribution in [3.63, 3.8) is 0 Å². The first-order valence-corrected chi connectivity index (χ1v) is 5.65. The predicted molar refractivity (Wildman–Crippen MR) is 64.2 cm³/mol. The van der Waals surface area contributed by atoms with E-state index >= 15 is 0 Å². The topological polar surface area (TPSA) is 41.5 Å². The number of hydrazone groups is 1. The van der Waals surface area contributed by atoms with Gasteiger partial charge in [0.25, 0.3) is 0 Å². The fourth-order valence-corrected chi connectivity index (χ4v) is 1.49. The molecule has 0 heterocycles. The van der Waals surface area contributed by atoms with Crippen molar-refractivity contribution in [1.29, 1.82) is 0 Å². The molecule has 0 unspecified atom stereocenters. The van der Waals surface area contributed by atoms with Crippen molar-refractivity contribution in [3.05, 3.63) is 35.9 Å². The van der Waals surface area contributed by atoms with Gasteiger partial charge in [0.05, 0.1) is 0 Å². The summed E-state index contributed by atoms with van der Waals surface area (Å²) in [5.74, 6) is 0.487. The van der Waals surface area contributed by atoms with Crippen molar-refractivity contribution in [2.45, 2.75) is 25.7 Å². The lowest BCUT2D eigenvalue weighted by molar-refractivity contribution is -0.122. The zero-order chi connectivity index (χ0) is 11.4. The molecule has 1 N–H and O–H groups in total. The zero-order valence-electron chi connectivity index (χ0n) is 9.39. The fourth-order valence-electron chi connectivity index (χ4n) is 1.49. The highest BCUT2D eigenvalue weighted by Gasteiger charge is 2.29. The number of rotatable bonds is 4. The lowest BCUT2D eigenvalue weighted by atomic mass is 10.0. The second-order valence-corrected chi connectivity index (χ2v) is 4.23. The van der Waals surface area contributed by atoms with Crippen LogP contribution in [-0.2, 0) is 4.79 Å². The minimum absolute atomic E-state index is 0.0523. The van der Waals surface area contributed by atoms with Crippen LogP contribution in [0, 0.1) is 5.92 Å². The van der Waals surface area contributed by atoms with Gasteiger partial charge in [0.2, 0.25) is 5.91 Å². The van der Waals surface area contributed by atoms with Crippen LogP contribution in [0.1, 0.15) is 31.2 Å². The molecule has 0 spiro atoms. The Morgan fingerprint density at radius 2 is 2.12 bits per heavy atom. The average molecular weight is 216 g/mol. The quantitative estimate of drug-likeness (QED) is 0.609. The second-order valence-electron chi connectivity index (χ2n) is 4.23. The summed E-state index contributed by atoms with van der Waals surface area (Å²) in [4.78, 5) is 11.3. The summed E-state index contributed by atoms with van der Waals surface area (Å²) in [5.41, 5.74) is 3.78. The summed E-state index contributed by atoms with van der Waals surface area (Å²) in [5, 5.41) is 3.98. The zero-order valence-corrected chi connectivity index (χ0v) is 9.39. The predicted octanol–water partition coefficient (Wildman–Crippen LogP) is 2.30. The second kappa shape index (κ2) is 4.92. The van der Waals surface area contributed by atoms with E-state index < -0.39 is 0 Å². The van der Waals surface area contributed by atoms with Crippen LogP contribution in [0.4, 0.5) is 0 Å². The minimum Gasteiger partial charge on any atom is -0.273 e. The molecule has 1 atom stereocenters. The van der Waals surface area contributed by atoms with E-state index in [9.17, 15) is 4.79 Å². The number of carbonyl (C=O) groups is 1. The number of nitrogens with one attached hydrogen (secondary N) is 1. The summed E-state index contributed by atoms with van der Waals surface area (Å²) >= 11 is 0. The van der Waals surface area contributed by atoms with Crippen LogP contribution in [0.3, 0.4) is 0 Å². The number of benzene rings is 1. The standard InChI is InChI=1S/C13H16N2O/c1-10(11-5-3-2-4-6-11)9-14-15-13(16)12-7-8-12/h2-6,9-10,12H,7-8H2,1H3,(H,15,16)/b14-9-/t10-/m0/s1. The smallest absolute Gasteiger partial charge is 0.243 e. The number of amides is 1. The summed E-state index contributed by atoms with van der Waals surface area (Å²) in [7, 11) is 0. The largest absolute Gasteiger partial charge is 0.273 e. The molecule has 84 valence electrons. The van der Waals surface area contributed by atoms with E-state index in [1.807, 2.05) is 18.2 Å². The Balaban J connectivity index is 1.84. The van der Waals surface area contributed by atoms with Crippen LogP contribution in [0.2, 0.25) is 0 Å². The van der Waals surface area contributed by atoms with Crippen LogP contribution in [0.15, 0.2) is 35.4 Å². The molecular formula is C13H16N2O. The Hall–Kier alpha value is -1.64. The van der Waals surface area contributed by atoms with Crippen molar-refractivity contribution in [1.82, 2.24) is 5.43 Å². The summed E-state index contributed by atoms with van der Waals surface area (Å²) < 4.78 is 0. The van der Waals surface area contributed by atoms with Crippen LogP contribution in [0.5, 0.6) is 0 Å². The molecule has 3 heteroatoms. The van der Waals surface area contributed by atoms with Crippen LogP contribution >= 0.6 is 0 Å². The molecule has 3 nitrogen and oxygen atoms in total. The van der Waals surface area contributed by atoms with Gasteiger partial charge in [-0.3, -0.25) is 4.79 Å². The van der Waals surface area contributed by atoms with E-state index in [1.54, 1.807) is 6.21 Å². The van der Waals surface area contributed by atoms with E-state index in [0.717, 1.165) is 12.8 Å². The van der Waals surface area contributed by atoms with E-state index in [2.05, 4.69) is 29.6 Å².